The van der Waals surface area contributed by atoms with Gasteiger partial charge in [-0.15, -0.1) is 0 Å². The molecule has 4 rings (SSSR count). The summed E-state index contributed by atoms with van der Waals surface area (Å²) < 4.78 is 27.7. The Balaban J connectivity index is 1.64. The van der Waals surface area contributed by atoms with Crippen LogP contribution in [0.25, 0.3) is 11.4 Å². The van der Waals surface area contributed by atoms with Crippen LogP contribution in [0.2, 0.25) is 5.02 Å². The molecule has 3 aromatic rings. The topological polar surface area (TPSA) is 61.9 Å². The van der Waals surface area contributed by atoms with Crippen LogP contribution >= 0.6 is 11.6 Å². The number of aromatic amines is 1. The lowest BCUT2D eigenvalue weighted by Gasteiger charge is -2.28. The Hall–Kier alpha value is -2.64. The van der Waals surface area contributed by atoms with E-state index in [-0.39, 0.29) is 22.7 Å². The van der Waals surface area contributed by atoms with Gasteiger partial charge in [-0.1, -0.05) is 11.6 Å². The van der Waals surface area contributed by atoms with Gasteiger partial charge in [-0.2, -0.15) is 0 Å². The lowest BCUT2D eigenvalue weighted by molar-refractivity contribution is 0.237. The number of nitrogens with one attached hydrogen (secondary N) is 1. The maximum absolute atomic E-state index is 14.1. The second kappa shape index (κ2) is 7.17. The Bertz CT molecular complexity index is 1060. The molecule has 0 aliphatic carbocycles. The molecule has 0 saturated heterocycles. The maximum Gasteiger partial charge on any atom is 0.254 e. The Morgan fingerprint density at radius 3 is 2.81 bits per heavy atom. The van der Waals surface area contributed by atoms with E-state index < -0.39 is 11.6 Å². The summed E-state index contributed by atoms with van der Waals surface area (Å²) >= 11 is 5.93. The molecule has 0 bridgehead atoms. The highest BCUT2D eigenvalue weighted by Gasteiger charge is 2.23. The van der Waals surface area contributed by atoms with Crippen molar-refractivity contribution in [3.05, 3.63) is 80.5 Å². The smallest absolute Gasteiger partial charge is 0.254 e. The van der Waals surface area contributed by atoms with E-state index in [0.717, 1.165) is 12.1 Å². The van der Waals surface area contributed by atoms with Gasteiger partial charge in [-0.05, 0) is 30.7 Å². The third-order valence-electron chi connectivity index (χ3n) is 4.61. The molecular formula is C19H15ClF2N4O. The first-order valence-electron chi connectivity index (χ1n) is 8.40. The molecular weight excluding hydrogens is 374 g/mol. The molecule has 0 spiro atoms. The van der Waals surface area contributed by atoms with E-state index in [0.29, 0.717) is 42.2 Å². The van der Waals surface area contributed by atoms with E-state index in [4.69, 9.17) is 11.6 Å². The van der Waals surface area contributed by atoms with Crippen LogP contribution in [-0.4, -0.2) is 26.4 Å². The van der Waals surface area contributed by atoms with Gasteiger partial charge in [0.1, 0.15) is 17.5 Å². The number of pyridine rings is 1. The molecule has 1 aliphatic rings. The summed E-state index contributed by atoms with van der Waals surface area (Å²) in [5, 5.41) is -0.212. The molecule has 1 aromatic carbocycles. The van der Waals surface area contributed by atoms with Gasteiger partial charge in [0.05, 0.1) is 10.7 Å². The highest BCUT2D eigenvalue weighted by Crippen LogP contribution is 2.26. The van der Waals surface area contributed by atoms with Gasteiger partial charge in [-0.25, -0.2) is 13.8 Å². The van der Waals surface area contributed by atoms with E-state index in [2.05, 4.69) is 15.0 Å². The number of aromatic nitrogens is 3. The Morgan fingerprint density at radius 1 is 1.22 bits per heavy atom. The third-order valence-corrected chi connectivity index (χ3v) is 5.02. The van der Waals surface area contributed by atoms with Gasteiger partial charge < -0.3 is 4.98 Å². The van der Waals surface area contributed by atoms with Gasteiger partial charge in [0.25, 0.3) is 5.56 Å². The van der Waals surface area contributed by atoms with Crippen LogP contribution in [0, 0.1) is 11.6 Å². The first kappa shape index (κ1) is 17.8. The van der Waals surface area contributed by atoms with Gasteiger partial charge in [0, 0.05) is 48.7 Å². The standard InChI is InChI=1S/C19H15ClF2N4O/c20-17-13(14(21)3-4-15(17)22)9-26-7-5-12-16(10-26)24-18(25-19(12)27)11-2-1-6-23-8-11/h1-4,6,8H,5,7,9-10H2,(H,24,25,27). The van der Waals surface area contributed by atoms with E-state index in [1.807, 2.05) is 4.90 Å². The van der Waals surface area contributed by atoms with E-state index in [9.17, 15) is 13.6 Å². The van der Waals surface area contributed by atoms with Crippen molar-refractivity contribution in [1.82, 2.24) is 19.9 Å². The zero-order valence-corrected chi connectivity index (χ0v) is 14.9. The SMILES string of the molecule is O=c1[nH]c(-c2cccnc2)nc2c1CCN(Cc1c(F)ccc(F)c1Cl)C2. The molecule has 138 valence electrons. The molecule has 0 radical (unpaired) electrons. The zero-order valence-electron chi connectivity index (χ0n) is 14.2. The lowest BCUT2D eigenvalue weighted by Crippen LogP contribution is -2.35. The van der Waals surface area contributed by atoms with Crippen LogP contribution in [0.5, 0.6) is 0 Å². The minimum atomic E-state index is -0.654. The summed E-state index contributed by atoms with van der Waals surface area (Å²) in [5.41, 5.74) is 1.86. The number of rotatable bonds is 3. The largest absolute Gasteiger partial charge is 0.306 e. The zero-order chi connectivity index (χ0) is 19.0. The van der Waals surface area contributed by atoms with Gasteiger partial charge >= 0.3 is 0 Å². The number of hydrogen-bond donors (Lipinski definition) is 1. The summed E-state index contributed by atoms with van der Waals surface area (Å²) in [6.07, 6.45) is 3.73. The number of hydrogen-bond acceptors (Lipinski definition) is 4. The second-order valence-electron chi connectivity index (χ2n) is 6.36. The molecule has 5 nitrogen and oxygen atoms in total. The van der Waals surface area contributed by atoms with E-state index in [1.54, 1.807) is 24.5 Å². The van der Waals surface area contributed by atoms with Gasteiger partial charge in [0.2, 0.25) is 0 Å². The first-order chi connectivity index (χ1) is 13.0. The van der Waals surface area contributed by atoms with Crippen molar-refractivity contribution in [3.8, 4) is 11.4 Å². The molecule has 0 amide bonds. The predicted molar refractivity (Wildman–Crippen MR) is 97.3 cm³/mol. The Labute approximate surface area is 158 Å². The minimum absolute atomic E-state index is 0.109. The van der Waals surface area contributed by atoms with Crippen LogP contribution in [0.1, 0.15) is 16.8 Å². The van der Waals surface area contributed by atoms with Crippen LogP contribution < -0.4 is 5.56 Å². The second-order valence-corrected chi connectivity index (χ2v) is 6.74. The predicted octanol–water partition coefficient (Wildman–Crippen LogP) is 3.32. The minimum Gasteiger partial charge on any atom is -0.306 e. The van der Waals surface area contributed by atoms with Crippen molar-refractivity contribution >= 4 is 11.6 Å². The summed E-state index contributed by atoms with van der Waals surface area (Å²) in [5.74, 6) is -0.773. The highest BCUT2D eigenvalue weighted by atomic mass is 35.5. The van der Waals surface area contributed by atoms with E-state index in [1.165, 1.54) is 0 Å². The fourth-order valence-corrected chi connectivity index (χ4v) is 3.42. The average molecular weight is 389 g/mol. The van der Waals surface area contributed by atoms with Crippen LogP contribution in [0.15, 0.2) is 41.5 Å². The van der Waals surface area contributed by atoms with Crippen molar-refractivity contribution in [2.75, 3.05) is 6.54 Å². The molecule has 3 heterocycles. The molecule has 0 saturated carbocycles. The third kappa shape index (κ3) is 3.48. The quantitative estimate of drug-likeness (QED) is 0.699. The van der Waals surface area contributed by atoms with Crippen LogP contribution in [-0.2, 0) is 19.5 Å². The highest BCUT2D eigenvalue weighted by molar-refractivity contribution is 6.31. The van der Waals surface area contributed by atoms with Crippen molar-refractivity contribution in [2.45, 2.75) is 19.5 Å². The Kier molecular flexibility index (Phi) is 4.72. The number of halogens is 3. The number of benzene rings is 1. The van der Waals surface area contributed by atoms with Gasteiger partial charge in [-0.3, -0.25) is 14.7 Å². The molecule has 0 fully saturated rings. The maximum atomic E-state index is 14.1. The van der Waals surface area contributed by atoms with Crippen molar-refractivity contribution in [3.63, 3.8) is 0 Å². The fraction of sp³-hybridized carbons (Fsp3) is 0.211. The summed E-state index contributed by atoms with van der Waals surface area (Å²) in [6, 6.07) is 5.64. The lowest BCUT2D eigenvalue weighted by atomic mass is 10.0. The summed E-state index contributed by atoms with van der Waals surface area (Å²) in [4.78, 5) is 25.7. The molecule has 2 aromatic heterocycles. The average Bonchev–Trinajstić information content (AvgIpc) is 2.68. The van der Waals surface area contributed by atoms with Crippen LogP contribution in [0.4, 0.5) is 8.78 Å². The molecule has 0 atom stereocenters. The molecule has 8 heteroatoms. The molecule has 27 heavy (non-hydrogen) atoms. The molecule has 1 N–H and O–H groups in total. The summed E-state index contributed by atoms with van der Waals surface area (Å²) in [7, 11) is 0. The van der Waals surface area contributed by atoms with Crippen LogP contribution in [0.3, 0.4) is 0 Å². The van der Waals surface area contributed by atoms with Gasteiger partial charge in [0.15, 0.2) is 0 Å². The number of nitrogens with zero attached hydrogens (tertiary/aromatic N) is 3. The fourth-order valence-electron chi connectivity index (χ4n) is 3.21. The van der Waals surface area contributed by atoms with E-state index >= 15 is 0 Å². The van der Waals surface area contributed by atoms with Crippen molar-refractivity contribution in [1.29, 1.82) is 0 Å². The number of fused-ring (bicyclic) bond motifs is 1. The Morgan fingerprint density at radius 2 is 2.04 bits per heavy atom. The number of H-pyrrole nitrogens is 1. The first-order valence-corrected chi connectivity index (χ1v) is 8.78. The van der Waals surface area contributed by atoms with Crippen molar-refractivity contribution in [2.24, 2.45) is 0 Å². The molecule has 1 aliphatic heterocycles. The monoisotopic (exact) mass is 388 g/mol. The normalized spacial score (nSPS) is 14.2. The van der Waals surface area contributed by atoms with Crippen molar-refractivity contribution < 1.29 is 8.78 Å². The molecule has 0 unspecified atom stereocenters. The summed E-state index contributed by atoms with van der Waals surface area (Å²) in [6.45, 7) is 1.01.